The Labute approximate surface area is 160 Å². The molecule has 27 heavy (non-hydrogen) atoms. The van der Waals surface area contributed by atoms with Crippen LogP contribution in [0, 0.1) is 6.92 Å². The van der Waals surface area contributed by atoms with Crippen molar-refractivity contribution in [1.82, 2.24) is 0 Å². The van der Waals surface area contributed by atoms with Gasteiger partial charge in [0, 0.05) is 12.0 Å². The number of carbonyl (C=O) groups is 1. The zero-order chi connectivity index (χ0) is 19.8. The molecule has 2 aromatic carbocycles. The summed E-state index contributed by atoms with van der Waals surface area (Å²) in [5.41, 5.74) is 4.31. The van der Waals surface area contributed by atoms with Crippen LogP contribution in [0.1, 0.15) is 37.0 Å². The van der Waals surface area contributed by atoms with Crippen molar-refractivity contribution < 1.29 is 19.2 Å². The van der Waals surface area contributed by atoms with Crippen LogP contribution in [0.25, 0.3) is 0 Å². The zero-order valence-corrected chi connectivity index (χ0v) is 16.5. The minimum atomic E-state index is -0.113. The molecule has 0 spiro atoms. The molecule has 6 nitrogen and oxygen atoms in total. The van der Waals surface area contributed by atoms with E-state index in [1.165, 1.54) is 19.3 Å². The van der Waals surface area contributed by atoms with Crippen LogP contribution in [-0.4, -0.2) is 25.8 Å². The Kier molecular flexibility index (Phi) is 7.37. The Morgan fingerprint density at radius 3 is 2.52 bits per heavy atom. The summed E-state index contributed by atoms with van der Waals surface area (Å²) in [6, 6.07) is 13.4. The molecule has 1 amide bonds. The molecule has 0 unspecified atom stereocenters. The fourth-order valence-corrected chi connectivity index (χ4v) is 2.69. The summed E-state index contributed by atoms with van der Waals surface area (Å²) in [6.45, 7) is 5.98. The second-order valence-corrected chi connectivity index (χ2v) is 5.98. The van der Waals surface area contributed by atoms with Gasteiger partial charge in [-0.05, 0) is 49.2 Å². The molecule has 2 rings (SSSR count). The van der Waals surface area contributed by atoms with Crippen LogP contribution in [0.3, 0.4) is 0 Å². The molecule has 2 aromatic rings. The number of hydroxylamine groups is 1. The summed E-state index contributed by atoms with van der Waals surface area (Å²) >= 11 is 0. The van der Waals surface area contributed by atoms with Crippen molar-refractivity contribution in [1.29, 1.82) is 0 Å². The number of rotatable bonds is 8. The van der Waals surface area contributed by atoms with Crippen LogP contribution in [0.15, 0.2) is 47.6 Å². The van der Waals surface area contributed by atoms with Gasteiger partial charge in [-0.1, -0.05) is 30.3 Å². The van der Waals surface area contributed by atoms with Crippen LogP contribution in [0.4, 0.5) is 5.69 Å². The summed E-state index contributed by atoms with van der Waals surface area (Å²) in [6.07, 6.45) is 0.353. The second-order valence-electron chi connectivity index (χ2n) is 5.98. The standard InChI is InChI=1S/C21H26N2O4/c1-6-21(24)23(26-5)19-10-8-7-9-18(19)14-27-20-12-11-17(13-15(20)2)16(3)22-25-4/h7-13H,6,14H2,1-5H3. The van der Waals surface area contributed by atoms with Gasteiger partial charge >= 0.3 is 0 Å². The van der Waals surface area contributed by atoms with Crippen molar-refractivity contribution in [3.8, 4) is 5.75 Å². The van der Waals surface area contributed by atoms with Crippen molar-refractivity contribution in [2.45, 2.75) is 33.8 Å². The first-order valence-corrected chi connectivity index (χ1v) is 8.78. The van der Waals surface area contributed by atoms with E-state index in [1.807, 2.05) is 56.3 Å². The Hall–Kier alpha value is -2.86. The number of aryl methyl sites for hydroxylation is 1. The lowest BCUT2D eigenvalue weighted by Crippen LogP contribution is -2.30. The number of nitrogens with zero attached hydrogens (tertiary/aromatic N) is 2. The topological polar surface area (TPSA) is 60.4 Å². The van der Waals surface area contributed by atoms with Gasteiger partial charge in [0.2, 0.25) is 0 Å². The maximum absolute atomic E-state index is 12.1. The summed E-state index contributed by atoms with van der Waals surface area (Å²) in [7, 11) is 3.01. The smallest absolute Gasteiger partial charge is 0.250 e. The lowest BCUT2D eigenvalue weighted by molar-refractivity contribution is -0.124. The summed E-state index contributed by atoms with van der Waals surface area (Å²) in [5, 5.41) is 5.25. The molecule has 0 fully saturated rings. The van der Waals surface area contributed by atoms with Crippen LogP contribution in [0.5, 0.6) is 5.75 Å². The Morgan fingerprint density at radius 2 is 1.89 bits per heavy atom. The quantitative estimate of drug-likeness (QED) is 0.515. The number of benzene rings is 2. The van der Waals surface area contributed by atoms with E-state index in [2.05, 4.69) is 5.16 Å². The van der Waals surface area contributed by atoms with E-state index in [0.29, 0.717) is 18.7 Å². The molecule has 144 valence electrons. The van der Waals surface area contributed by atoms with E-state index in [0.717, 1.165) is 28.2 Å². The average Bonchev–Trinajstić information content (AvgIpc) is 2.68. The van der Waals surface area contributed by atoms with Gasteiger partial charge in [0.15, 0.2) is 0 Å². The molecule has 0 aliphatic heterocycles. The lowest BCUT2D eigenvalue weighted by atomic mass is 10.1. The Balaban J connectivity index is 2.20. The maximum atomic E-state index is 12.1. The molecule has 0 N–H and O–H groups in total. The number of ether oxygens (including phenoxy) is 1. The number of carbonyl (C=O) groups excluding carboxylic acids is 1. The summed E-state index contributed by atoms with van der Waals surface area (Å²) in [4.78, 5) is 22.2. The van der Waals surface area contributed by atoms with Gasteiger partial charge in [0.25, 0.3) is 5.91 Å². The highest BCUT2D eigenvalue weighted by molar-refractivity contribution is 5.98. The van der Waals surface area contributed by atoms with Gasteiger partial charge in [-0.3, -0.25) is 9.63 Å². The third kappa shape index (κ3) is 5.08. The molecule has 0 bridgehead atoms. The molecule has 6 heteroatoms. The first-order valence-electron chi connectivity index (χ1n) is 8.78. The lowest BCUT2D eigenvalue weighted by Gasteiger charge is -2.22. The fourth-order valence-electron chi connectivity index (χ4n) is 2.69. The van der Waals surface area contributed by atoms with Gasteiger partial charge in [-0.15, -0.1) is 0 Å². The van der Waals surface area contributed by atoms with Gasteiger partial charge in [0.05, 0.1) is 18.5 Å². The van der Waals surface area contributed by atoms with Crippen molar-refractivity contribution in [2.24, 2.45) is 5.16 Å². The fraction of sp³-hybridized carbons (Fsp3) is 0.333. The van der Waals surface area contributed by atoms with Gasteiger partial charge in [-0.2, -0.15) is 5.06 Å². The minimum absolute atomic E-state index is 0.113. The largest absolute Gasteiger partial charge is 0.489 e. The molecule has 0 aliphatic rings. The zero-order valence-electron chi connectivity index (χ0n) is 16.5. The van der Waals surface area contributed by atoms with E-state index in [4.69, 9.17) is 14.4 Å². The monoisotopic (exact) mass is 370 g/mol. The molecule has 0 radical (unpaired) electrons. The van der Waals surface area contributed by atoms with Crippen LogP contribution >= 0.6 is 0 Å². The molecule has 0 atom stereocenters. The number of hydrogen-bond acceptors (Lipinski definition) is 5. The first kappa shape index (κ1) is 20.5. The number of amides is 1. The molecule has 0 aliphatic carbocycles. The van der Waals surface area contributed by atoms with Crippen molar-refractivity contribution >= 4 is 17.3 Å². The first-order chi connectivity index (χ1) is 13.0. The van der Waals surface area contributed by atoms with E-state index in [1.54, 1.807) is 6.92 Å². The van der Waals surface area contributed by atoms with Crippen molar-refractivity contribution in [3.05, 3.63) is 59.2 Å². The normalized spacial score (nSPS) is 11.2. The Bertz CT molecular complexity index is 818. The average molecular weight is 370 g/mol. The maximum Gasteiger partial charge on any atom is 0.250 e. The predicted molar refractivity (Wildman–Crippen MR) is 106 cm³/mol. The third-order valence-corrected chi connectivity index (χ3v) is 4.13. The predicted octanol–water partition coefficient (Wildman–Crippen LogP) is 4.25. The second kappa shape index (κ2) is 9.73. The molecule has 0 saturated heterocycles. The Morgan fingerprint density at radius 1 is 1.15 bits per heavy atom. The number of hydrogen-bond donors (Lipinski definition) is 0. The van der Waals surface area contributed by atoms with E-state index >= 15 is 0 Å². The van der Waals surface area contributed by atoms with Crippen molar-refractivity contribution in [3.63, 3.8) is 0 Å². The molecule has 0 heterocycles. The summed E-state index contributed by atoms with van der Waals surface area (Å²) in [5.74, 6) is 0.656. The van der Waals surface area contributed by atoms with Crippen molar-refractivity contribution in [2.75, 3.05) is 19.3 Å². The van der Waals surface area contributed by atoms with Gasteiger partial charge < -0.3 is 9.57 Å². The molecular formula is C21H26N2O4. The van der Waals surface area contributed by atoms with Crippen LogP contribution in [-0.2, 0) is 21.1 Å². The molecule has 0 aromatic heterocycles. The van der Waals surface area contributed by atoms with Crippen LogP contribution < -0.4 is 9.80 Å². The summed E-state index contributed by atoms with van der Waals surface area (Å²) < 4.78 is 6.00. The van der Waals surface area contributed by atoms with E-state index in [9.17, 15) is 4.79 Å². The highest BCUT2D eigenvalue weighted by Crippen LogP contribution is 2.25. The van der Waals surface area contributed by atoms with Gasteiger partial charge in [0.1, 0.15) is 19.5 Å². The number of para-hydroxylation sites is 1. The number of anilines is 1. The third-order valence-electron chi connectivity index (χ3n) is 4.13. The minimum Gasteiger partial charge on any atom is -0.489 e. The van der Waals surface area contributed by atoms with Crippen LogP contribution in [0.2, 0.25) is 0 Å². The SMILES string of the molecule is CCC(=O)N(OC)c1ccccc1COc1ccc(C(C)=NOC)cc1C. The molecule has 0 saturated carbocycles. The van der Waals surface area contributed by atoms with E-state index in [-0.39, 0.29) is 5.91 Å². The van der Waals surface area contributed by atoms with Gasteiger partial charge in [-0.25, -0.2) is 0 Å². The highest BCUT2D eigenvalue weighted by Gasteiger charge is 2.17. The highest BCUT2D eigenvalue weighted by atomic mass is 16.7. The molecular weight excluding hydrogens is 344 g/mol. The van der Waals surface area contributed by atoms with E-state index < -0.39 is 0 Å². The number of oxime groups is 1.